The van der Waals surface area contributed by atoms with Crippen molar-refractivity contribution in [3.63, 3.8) is 0 Å². The van der Waals surface area contributed by atoms with Crippen molar-refractivity contribution in [2.24, 2.45) is 5.73 Å². The average Bonchev–Trinajstić information content (AvgIpc) is 2.41. The molecule has 6 heteroatoms. The second kappa shape index (κ2) is 6.45. The Morgan fingerprint density at radius 2 is 2.15 bits per heavy atom. The number of nitrogens with two attached hydrogens (primary N) is 1. The van der Waals surface area contributed by atoms with E-state index < -0.39 is 0 Å². The number of aromatic nitrogens is 2. The molecule has 0 spiro atoms. The minimum Gasteiger partial charge on any atom is -0.474 e. The van der Waals surface area contributed by atoms with Gasteiger partial charge in [-0.2, -0.15) is 5.10 Å². The Hall–Kier alpha value is -1.27. The van der Waals surface area contributed by atoms with Crippen LogP contribution in [0.3, 0.4) is 0 Å². The number of hydrogen-bond donors (Lipinski definition) is 1. The molecule has 0 aliphatic carbocycles. The summed E-state index contributed by atoms with van der Waals surface area (Å²) in [7, 11) is 2.13. The quantitative estimate of drug-likeness (QED) is 0.851. The van der Waals surface area contributed by atoms with Gasteiger partial charge in [-0.05, 0) is 45.8 Å². The van der Waals surface area contributed by atoms with E-state index in [0.29, 0.717) is 29.1 Å². The minimum absolute atomic E-state index is 0.312. The largest absolute Gasteiger partial charge is 0.474 e. The zero-order chi connectivity index (χ0) is 14.7. The molecule has 20 heavy (non-hydrogen) atoms. The van der Waals surface area contributed by atoms with E-state index in [1.807, 2.05) is 13.8 Å². The maximum Gasteiger partial charge on any atom is 0.244 e. The molecule has 0 aromatic carbocycles. The van der Waals surface area contributed by atoms with Crippen LogP contribution in [0.1, 0.15) is 36.1 Å². The third-order valence-electron chi connectivity index (χ3n) is 4.00. The van der Waals surface area contributed by atoms with Gasteiger partial charge in [0.2, 0.25) is 5.88 Å². The smallest absolute Gasteiger partial charge is 0.244 e. The van der Waals surface area contributed by atoms with Crippen molar-refractivity contribution in [3.8, 4) is 5.88 Å². The first-order valence-corrected chi connectivity index (χ1v) is 7.38. The van der Waals surface area contributed by atoms with Gasteiger partial charge in [-0.3, -0.25) is 0 Å². The summed E-state index contributed by atoms with van der Waals surface area (Å²) >= 11 is 5.11. The van der Waals surface area contributed by atoms with Crippen molar-refractivity contribution in [2.45, 2.75) is 39.2 Å². The highest BCUT2D eigenvalue weighted by Gasteiger charge is 2.21. The molecule has 1 unspecified atom stereocenters. The van der Waals surface area contributed by atoms with Crippen LogP contribution in [0.4, 0.5) is 0 Å². The summed E-state index contributed by atoms with van der Waals surface area (Å²) in [5.74, 6) is 0.458. The number of ether oxygens (including phenoxy) is 1. The van der Waals surface area contributed by atoms with Crippen molar-refractivity contribution in [3.05, 3.63) is 16.8 Å². The Labute approximate surface area is 125 Å². The molecule has 2 N–H and O–H groups in total. The first kappa shape index (κ1) is 15.1. The normalized spacial score (nSPS) is 19.9. The lowest BCUT2D eigenvalue weighted by Crippen LogP contribution is -2.40. The number of piperidine rings is 1. The predicted molar refractivity (Wildman–Crippen MR) is 83.2 cm³/mol. The van der Waals surface area contributed by atoms with Crippen molar-refractivity contribution in [1.82, 2.24) is 15.1 Å². The molecule has 1 aliphatic rings. The lowest BCUT2D eigenvalue weighted by atomic mass is 10.0. The molecule has 1 aliphatic heterocycles. The number of rotatable bonds is 4. The standard InChI is InChI=1S/C14H22N4OS/c1-9-10(2)16-17-14(12(9)13(15)20)19-8-11-6-4-5-7-18(11)3/h11H,4-8H2,1-3H3,(H2,15,20). The van der Waals surface area contributed by atoms with E-state index in [-0.39, 0.29) is 0 Å². The van der Waals surface area contributed by atoms with Crippen LogP contribution in [0, 0.1) is 13.8 Å². The number of likely N-dealkylation sites (N-methyl/N-ethyl adjacent to an activating group) is 1. The molecule has 1 aromatic rings. The van der Waals surface area contributed by atoms with Crippen molar-refractivity contribution in [1.29, 1.82) is 0 Å². The highest BCUT2D eigenvalue weighted by Crippen LogP contribution is 2.22. The zero-order valence-corrected chi connectivity index (χ0v) is 13.2. The van der Waals surface area contributed by atoms with E-state index in [0.717, 1.165) is 24.2 Å². The molecule has 110 valence electrons. The fourth-order valence-corrected chi connectivity index (χ4v) is 2.75. The summed E-state index contributed by atoms with van der Waals surface area (Å²) in [5, 5.41) is 8.21. The maximum absolute atomic E-state index is 5.86. The van der Waals surface area contributed by atoms with Crippen LogP contribution in [0.25, 0.3) is 0 Å². The third kappa shape index (κ3) is 3.24. The van der Waals surface area contributed by atoms with Crippen LogP contribution in [-0.4, -0.2) is 46.3 Å². The third-order valence-corrected chi connectivity index (χ3v) is 4.21. The molecule has 0 radical (unpaired) electrons. The van der Waals surface area contributed by atoms with Crippen molar-refractivity contribution < 1.29 is 4.74 Å². The van der Waals surface area contributed by atoms with Gasteiger partial charge in [0.05, 0.1) is 11.3 Å². The Morgan fingerprint density at radius 3 is 2.80 bits per heavy atom. The average molecular weight is 294 g/mol. The lowest BCUT2D eigenvalue weighted by molar-refractivity contribution is 0.122. The Balaban J connectivity index is 2.13. The second-order valence-corrected chi connectivity index (χ2v) is 5.84. The van der Waals surface area contributed by atoms with E-state index in [4.69, 9.17) is 22.7 Å². The van der Waals surface area contributed by atoms with Gasteiger partial charge < -0.3 is 15.4 Å². The Kier molecular flexibility index (Phi) is 4.88. The lowest BCUT2D eigenvalue weighted by Gasteiger charge is -2.32. The van der Waals surface area contributed by atoms with Gasteiger partial charge >= 0.3 is 0 Å². The van der Waals surface area contributed by atoms with Gasteiger partial charge in [0, 0.05) is 6.04 Å². The van der Waals surface area contributed by atoms with Gasteiger partial charge in [0.1, 0.15) is 11.6 Å². The Bertz CT molecular complexity index is 506. The van der Waals surface area contributed by atoms with Crippen LogP contribution in [-0.2, 0) is 0 Å². The number of nitrogens with zero attached hydrogens (tertiary/aromatic N) is 3. The zero-order valence-electron chi connectivity index (χ0n) is 12.3. The van der Waals surface area contributed by atoms with Gasteiger partial charge in [-0.15, -0.1) is 5.10 Å². The highest BCUT2D eigenvalue weighted by molar-refractivity contribution is 7.80. The van der Waals surface area contributed by atoms with Gasteiger partial charge in [0.25, 0.3) is 0 Å². The van der Waals surface area contributed by atoms with Crippen LogP contribution < -0.4 is 10.5 Å². The molecule has 1 atom stereocenters. The molecule has 1 aromatic heterocycles. The van der Waals surface area contributed by atoms with Crippen LogP contribution in [0.2, 0.25) is 0 Å². The molecule has 2 rings (SSSR count). The van der Waals surface area contributed by atoms with Crippen LogP contribution in [0.5, 0.6) is 5.88 Å². The first-order chi connectivity index (χ1) is 9.50. The van der Waals surface area contributed by atoms with E-state index in [1.165, 1.54) is 12.8 Å². The summed E-state index contributed by atoms with van der Waals surface area (Å²) in [6.45, 7) is 5.55. The van der Waals surface area contributed by atoms with Crippen molar-refractivity contribution >= 4 is 17.2 Å². The molecule has 2 heterocycles. The maximum atomic E-state index is 5.86. The van der Waals surface area contributed by atoms with Gasteiger partial charge in [0.15, 0.2) is 0 Å². The monoisotopic (exact) mass is 294 g/mol. The number of thiocarbonyl (C=S) groups is 1. The molecule has 0 bridgehead atoms. The summed E-state index contributed by atoms with van der Waals surface area (Å²) in [4.78, 5) is 2.64. The molecule has 0 amide bonds. The van der Waals surface area contributed by atoms with Crippen LogP contribution >= 0.6 is 12.2 Å². The number of aryl methyl sites for hydroxylation is 1. The van der Waals surface area contributed by atoms with E-state index in [2.05, 4.69) is 22.1 Å². The molecule has 0 saturated carbocycles. The van der Waals surface area contributed by atoms with Crippen molar-refractivity contribution in [2.75, 3.05) is 20.2 Å². The molecule has 1 saturated heterocycles. The van der Waals surface area contributed by atoms with E-state index >= 15 is 0 Å². The minimum atomic E-state index is 0.312. The summed E-state index contributed by atoms with van der Waals surface area (Å²) < 4.78 is 5.86. The second-order valence-electron chi connectivity index (χ2n) is 5.40. The van der Waals surface area contributed by atoms with Gasteiger partial charge in [-0.25, -0.2) is 0 Å². The number of likely N-dealkylation sites (tertiary alicyclic amines) is 1. The van der Waals surface area contributed by atoms with Crippen LogP contribution in [0.15, 0.2) is 0 Å². The summed E-state index contributed by atoms with van der Waals surface area (Å²) in [5.41, 5.74) is 8.28. The number of hydrogen-bond acceptors (Lipinski definition) is 5. The van der Waals surface area contributed by atoms with Gasteiger partial charge in [-0.1, -0.05) is 18.6 Å². The molecular formula is C14H22N4OS. The molecular weight excluding hydrogens is 272 g/mol. The molecule has 1 fully saturated rings. The molecule has 5 nitrogen and oxygen atoms in total. The summed E-state index contributed by atoms with van der Waals surface area (Å²) in [6.07, 6.45) is 3.66. The fourth-order valence-electron chi connectivity index (χ4n) is 2.51. The first-order valence-electron chi connectivity index (χ1n) is 6.97. The van der Waals surface area contributed by atoms with E-state index in [1.54, 1.807) is 0 Å². The predicted octanol–water partition coefficient (Wildman–Crippen LogP) is 1.59. The highest BCUT2D eigenvalue weighted by atomic mass is 32.1. The summed E-state index contributed by atoms with van der Waals surface area (Å²) in [6, 6.07) is 0.423. The van der Waals surface area contributed by atoms with E-state index in [9.17, 15) is 0 Å². The topological polar surface area (TPSA) is 64.3 Å². The SMILES string of the molecule is Cc1nnc(OCC2CCCCN2C)c(C(N)=S)c1C. The fraction of sp³-hybridized carbons (Fsp3) is 0.643. The Morgan fingerprint density at radius 1 is 1.40 bits per heavy atom.